The minimum Gasteiger partial charge on any atom is -0.328 e. The molecule has 0 aliphatic rings. The van der Waals surface area contributed by atoms with Gasteiger partial charge in [-0.15, -0.1) is 11.3 Å². The molecule has 1 aromatic heterocycles. The summed E-state index contributed by atoms with van der Waals surface area (Å²) in [6.45, 7) is 4.12. The fourth-order valence-corrected chi connectivity index (χ4v) is 3.05. The second-order valence-electron chi connectivity index (χ2n) is 4.20. The lowest BCUT2D eigenvalue weighted by atomic mass is 10.1. The van der Waals surface area contributed by atoms with Gasteiger partial charge in [0.05, 0.1) is 10.7 Å². The Morgan fingerprint density at radius 1 is 1.35 bits per heavy atom. The molecular formula is C13H15BrN2S. The van der Waals surface area contributed by atoms with Crippen molar-refractivity contribution in [2.24, 2.45) is 5.73 Å². The third-order valence-corrected chi connectivity index (χ3v) is 3.98. The Hall–Kier alpha value is -0.710. The second-order valence-corrected chi connectivity index (χ2v) is 6.40. The number of nitrogens with two attached hydrogens (primary N) is 1. The molecule has 2 nitrogen and oxygen atoms in total. The molecule has 2 aromatic rings. The molecule has 0 spiro atoms. The number of rotatable bonds is 3. The predicted molar refractivity (Wildman–Crippen MR) is 77.3 cm³/mol. The molecule has 0 fully saturated rings. The zero-order valence-electron chi connectivity index (χ0n) is 9.90. The topological polar surface area (TPSA) is 38.9 Å². The average molecular weight is 311 g/mol. The van der Waals surface area contributed by atoms with E-state index in [1.807, 2.05) is 19.1 Å². The highest BCUT2D eigenvalue weighted by Gasteiger charge is 2.10. The Morgan fingerprint density at radius 3 is 2.59 bits per heavy atom. The summed E-state index contributed by atoms with van der Waals surface area (Å²) in [5, 5.41) is 1.12. The molecule has 1 atom stereocenters. The summed E-state index contributed by atoms with van der Waals surface area (Å²) >= 11 is 5.18. The number of thiazole rings is 1. The van der Waals surface area contributed by atoms with Crippen molar-refractivity contribution >= 4 is 27.3 Å². The summed E-state index contributed by atoms with van der Waals surface area (Å²) in [6, 6.07) is 8.42. The van der Waals surface area contributed by atoms with Gasteiger partial charge in [0, 0.05) is 27.4 Å². The summed E-state index contributed by atoms with van der Waals surface area (Å²) < 4.78 is 1.09. The van der Waals surface area contributed by atoms with Crippen molar-refractivity contribution < 1.29 is 0 Å². The van der Waals surface area contributed by atoms with Crippen molar-refractivity contribution in [2.75, 3.05) is 0 Å². The average Bonchev–Trinajstić information content (AvgIpc) is 2.59. The van der Waals surface area contributed by atoms with Crippen LogP contribution in [0.25, 0.3) is 11.3 Å². The Morgan fingerprint density at radius 2 is 2.00 bits per heavy atom. The Labute approximate surface area is 114 Å². The maximum atomic E-state index is 5.80. The Balaban J connectivity index is 2.32. The van der Waals surface area contributed by atoms with E-state index in [4.69, 9.17) is 5.73 Å². The summed E-state index contributed by atoms with van der Waals surface area (Å²) in [5.41, 5.74) is 8.05. The molecule has 90 valence electrons. The zero-order valence-corrected chi connectivity index (χ0v) is 12.3. The lowest BCUT2D eigenvalue weighted by Crippen LogP contribution is -2.17. The van der Waals surface area contributed by atoms with Crippen LogP contribution in [0.3, 0.4) is 0 Å². The highest BCUT2D eigenvalue weighted by Crippen LogP contribution is 2.28. The van der Waals surface area contributed by atoms with Crippen LogP contribution in [-0.2, 0) is 6.42 Å². The predicted octanol–water partition coefficient (Wildman–Crippen LogP) is 3.77. The minimum absolute atomic E-state index is 0.165. The van der Waals surface area contributed by atoms with Gasteiger partial charge in [0.25, 0.3) is 0 Å². The number of benzene rings is 1. The number of aryl methyl sites for hydroxylation is 1. The van der Waals surface area contributed by atoms with Crippen LogP contribution in [0.5, 0.6) is 0 Å². The maximum absolute atomic E-state index is 5.80. The molecule has 0 aliphatic heterocycles. The molecule has 0 aliphatic carbocycles. The first-order valence-electron chi connectivity index (χ1n) is 5.54. The lowest BCUT2D eigenvalue weighted by molar-refractivity contribution is 0.734. The second kappa shape index (κ2) is 5.29. The lowest BCUT2D eigenvalue weighted by Gasteiger charge is -2.00. The fourth-order valence-electron chi connectivity index (χ4n) is 1.69. The molecule has 1 aromatic carbocycles. The van der Waals surface area contributed by atoms with Crippen LogP contribution in [0.2, 0.25) is 0 Å². The Kier molecular flexibility index (Phi) is 3.97. The summed E-state index contributed by atoms with van der Waals surface area (Å²) in [5.74, 6) is 0. The van der Waals surface area contributed by atoms with Gasteiger partial charge in [-0.2, -0.15) is 0 Å². The van der Waals surface area contributed by atoms with E-state index in [1.54, 1.807) is 11.3 Å². The normalized spacial score (nSPS) is 12.7. The number of hydrogen-bond donors (Lipinski definition) is 1. The first-order valence-corrected chi connectivity index (χ1v) is 7.15. The maximum Gasteiger partial charge on any atom is 0.0950 e. The molecule has 17 heavy (non-hydrogen) atoms. The van der Waals surface area contributed by atoms with E-state index in [1.165, 1.54) is 4.88 Å². The van der Waals surface area contributed by atoms with E-state index in [-0.39, 0.29) is 6.04 Å². The van der Waals surface area contributed by atoms with Gasteiger partial charge in [0.15, 0.2) is 0 Å². The van der Waals surface area contributed by atoms with Gasteiger partial charge >= 0.3 is 0 Å². The monoisotopic (exact) mass is 310 g/mol. The SMILES string of the molecule is Cc1sc(CC(C)N)nc1-c1ccc(Br)cc1. The van der Waals surface area contributed by atoms with Crippen molar-refractivity contribution in [1.29, 1.82) is 0 Å². The highest BCUT2D eigenvalue weighted by atomic mass is 79.9. The van der Waals surface area contributed by atoms with Crippen LogP contribution in [0.15, 0.2) is 28.7 Å². The molecule has 1 unspecified atom stereocenters. The third kappa shape index (κ3) is 3.15. The first kappa shape index (κ1) is 12.7. The van der Waals surface area contributed by atoms with E-state index in [2.05, 4.69) is 40.0 Å². The van der Waals surface area contributed by atoms with Crippen molar-refractivity contribution in [2.45, 2.75) is 26.3 Å². The quantitative estimate of drug-likeness (QED) is 0.937. The van der Waals surface area contributed by atoms with E-state index in [0.717, 1.165) is 27.2 Å². The number of aromatic nitrogens is 1. The summed E-state index contributed by atoms with van der Waals surface area (Å²) in [7, 11) is 0. The van der Waals surface area contributed by atoms with Crippen LogP contribution >= 0.6 is 27.3 Å². The molecule has 0 saturated carbocycles. The summed E-state index contributed by atoms with van der Waals surface area (Å²) in [6.07, 6.45) is 0.849. The van der Waals surface area contributed by atoms with Crippen LogP contribution < -0.4 is 5.73 Å². The fraction of sp³-hybridized carbons (Fsp3) is 0.308. The number of halogens is 1. The zero-order chi connectivity index (χ0) is 12.4. The van der Waals surface area contributed by atoms with Gasteiger partial charge in [-0.3, -0.25) is 0 Å². The Bertz CT molecular complexity index is 503. The minimum atomic E-state index is 0.165. The van der Waals surface area contributed by atoms with Crippen LogP contribution in [0.4, 0.5) is 0 Å². The molecule has 4 heteroatoms. The van der Waals surface area contributed by atoms with Gasteiger partial charge in [-0.05, 0) is 26.0 Å². The van der Waals surface area contributed by atoms with Crippen molar-refractivity contribution in [3.05, 3.63) is 38.6 Å². The van der Waals surface area contributed by atoms with E-state index >= 15 is 0 Å². The number of hydrogen-bond acceptors (Lipinski definition) is 3. The molecular weight excluding hydrogens is 296 g/mol. The standard InChI is InChI=1S/C13H15BrN2S/c1-8(15)7-12-16-13(9(2)17-12)10-3-5-11(14)6-4-10/h3-6,8H,7,15H2,1-2H3. The molecule has 2 rings (SSSR count). The molecule has 2 N–H and O–H groups in total. The molecule has 0 bridgehead atoms. The third-order valence-electron chi connectivity index (χ3n) is 2.46. The van der Waals surface area contributed by atoms with Crippen LogP contribution in [0.1, 0.15) is 16.8 Å². The first-order chi connectivity index (χ1) is 8.06. The number of nitrogens with zero attached hydrogens (tertiary/aromatic N) is 1. The van der Waals surface area contributed by atoms with Crippen molar-refractivity contribution in [3.63, 3.8) is 0 Å². The molecule has 0 radical (unpaired) electrons. The van der Waals surface area contributed by atoms with Gasteiger partial charge in [0.1, 0.15) is 0 Å². The van der Waals surface area contributed by atoms with Crippen molar-refractivity contribution in [3.8, 4) is 11.3 Å². The van der Waals surface area contributed by atoms with E-state index in [9.17, 15) is 0 Å². The molecule has 0 amide bonds. The van der Waals surface area contributed by atoms with Crippen molar-refractivity contribution in [1.82, 2.24) is 4.98 Å². The van der Waals surface area contributed by atoms with Crippen LogP contribution in [-0.4, -0.2) is 11.0 Å². The largest absolute Gasteiger partial charge is 0.328 e. The molecule has 0 saturated heterocycles. The smallest absolute Gasteiger partial charge is 0.0950 e. The summed E-state index contributed by atoms with van der Waals surface area (Å²) in [4.78, 5) is 5.93. The van der Waals surface area contributed by atoms with E-state index < -0.39 is 0 Å². The van der Waals surface area contributed by atoms with Gasteiger partial charge < -0.3 is 5.73 Å². The van der Waals surface area contributed by atoms with E-state index in [0.29, 0.717) is 0 Å². The van der Waals surface area contributed by atoms with Gasteiger partial charge in [0.2, 0.25) is 0 Å². The van der Waals surface area contributed by atoms with Crippen LogP contribution in [0, 0.1) is 6.92 Å². The van der Waals surface area contributed by atoms with Gasteiger partial charge in [-0.1, -0.05) is 28.1 Å². The molecule has 1 heterocycles. The van der Waals surface area contributed by atoms with Gasteiger partial charge in [-0.25, -0.2) is 4.98 Å². The highest BCUT2D eigenvalue weighted by molar-refractivity contribution is 9.10.